The molecule has 3 rings (SSSR count). The molecule has 1 heterocycles. The van der Waals surface area contributed by atoms with Crippen molar-refractivity contribution >= 4 is 32.7 Å². The van der Waals surface area contributed by atoms with Crippen molar-refractivity contribution in [2.24, 2.45) is 7.05 Å². The van der Waals surface area contributed by atoms with Crippen molar-refractivity contribution in [1.82, 2.24) is 9.88 Å². The zero-order valence-corrected chi connectivity index (χ0v) is 11.8. The molecule has 1 fully saturated rings. The van der Waals surface area contributed by atoms with Gasteiger partial charge in [0, 0.05) is 34.7 Å². The number of fused-ring (bicyclic) bond motifs is 1. The maximum atomic E-state index is 12.2. The van der Waals surface area contributed by atoms with Crippen LogP contribution in [0.5, 0.6) is 0 Å². The Labute approximate surface area is 114 Å². The van der Waals surface area contributed by atoms with Gasteiger partial charge < -0.3 is 9.88 Å². The Morgan fingerprint density at radius 2 is 2.22 bits per heavy atom. The first-order chi connectivity index (χ1) is 8.65. The number of nitrogens with one attached hydrogen (secondary N) is 1. The summed E-state index contributed by atoms with van der Waals surface area (Å²) in [5.41, 5.74) is 1.84. The van der Waals surface area contributed by atoms with Crippen LogP contribution >= 0.6 is 15.9 Å². The molecule has 0 saturated heterocycles. The van der Waals surface area contributed by atoms with Crippen LogP contribution in [0.3, 0.4) is 0 Å². The minimum Gasteiger partial charge on any atom is -0.350 e. The van der Waals surface area contributed by atoms with Crippen molar-refractivity contribution in [2.75, 3.05) is 0 Å². The van der Waals surface area contributed by atoms with Gasteiger partial charge in [-0.05, 0) is 31.4 Å². The Balaban J connectivity index is 1.98. The third-order valence-electron chi connectivity index (χ3n) is 3.64. The van der Waals surface area contributed by atoms with E-state index in [0.717, 1.165) is 33.8 Å². The molecular weight excluding hydrogens is 292 g/mol. The topological polar surface area (TPSA) is 34.0 Å². The van der Waals surface area contributed by atoms with Crippen molar-refractivity contribution in [3.05, 3.63) is 34.4 Å². The molecule has 1 aliphatic rings. The number of hydrogen-bond donors (Lipinski definition) is 1. The lowest BCUT2D eigenvalue weighted by atomic mass is 9.93. The van der Waals surface area contributed by atoms with Crippen LogP contribution in [0.1, 0.15) is 29.6 Å². The SMILES string of the molecule is Cn1cc(C(=O)NC2CCC2)c2ccc(Br)cc21. The molecule has 0 bridgehead atoms. The Morgan fingerprint density at radius 3 is 2.89 bits per heavy atom. The van der Waals surface area contributed by atoms with E-state index in [4.69, 9.17) is 0 Å². The first kappa shape index (κ1) is 11.8. The zero-order chi connectivity index (χ0) is 12.7. The molecule has 0 aliphatic heterocycles. The number of halogens is 1. The van der Waals surface area contributed by atoms with Gasteiger partial charge in [-0.3, -0.25) is 4.79 Å². The fourth-order valence-electron chi connectivity index (χ4n) is 2.35. The number of amides is 1. The Bertz CT molecular complexity index is 614. The van der Waals surface area contributed by atoms with Crippen molar-refractivity contribution in [3.8, 4) is 0 Å². The summed E-state index contributed by atoms with van der Waals surface area (Å²) in [6, 6.07) is 6.38. The van der Waals surface area contributed by atoms with Crippen LogP contribution in [0.4, 0.5) is 0 Å². The van der Waals surface area contributed by atoms with E-state index in [2.05, 4.69) is 21.2 Å². The lowest BCUT2D eigenvalue weighted by Gasteiger charge is -2.26. The highest BCUT2D eigenvalue weighted by atomic mass is 79.9. The van der Waals surface area contributed by atoms with E-state index in [1.807, 2.05) is 36.0 Å². The third kappa shape index (κ3) is 1.94. The number of carbonyl (C=O) groups is 1. The Morgan fingerprint density at radius 1 is 1.44 bits per heavy atom. The molecule has 3 nitrogen and oxygen atoms in total. The van der Waals surface area contributed by atoms with Crippen molar-refractivity contribution in [2.45, 2.75) is 25.3 Å². The summed E-state index contributed by atoms with van der Waals surface area (Å²) in [5.74, 6) is 0.0487. The van der Waals surface area contributed by atoms with Crippen molar-refractivity contribution < 1.29 is 4.79 Å². The van der Waals surface area contributed by atoms with Crippen molar-refractivity contribution in [1.29, 1.82) is 0 Å². The van der Waals surface area contributed by atoms with Crippen LogP contribution in [0, 0.1) is 0 Å². The van der Waals surface area contributed by atoms with Gasteiger partial charge in [0.25, 0.3) is 5.91 Å². The predicted octanol–water partition coefficient (Wildman–Crippen LogP) is 3.22. The maximum absolute atomic E-state index is 12.2. The standard InChI is InChI=1S/C14H15BrN2O/c1-17-8-12(14(18)16-10-3-2-4-10)11-6-5-9(15)7-13(11)17/h5-8,10H,2-4H2,1H3,(H,16,18). The second-order valence-electron chi connectivity index (χ2n) is 4.92. The van der Waals surface area contributed by atoms with Crippen LogP contribution in [0.2, 0.25) is 0 Å². The third-order valence-corrected chi connectivity index (χ3v) is 4.13. The van der Waals surface area contributed by atoms with E-state index in [1.165, 1.54) is 6.42 Å². The minimum absolute atomic E-state index is 0.0487. The highest BCUT2D eigenvalue weighted by Gasteiger charge is 2.22. The monoisotopic (exact) mass is 306 g/mol. The van der Waals surface area contributed by atoms with E-state index in [0.29, 0.717) is 6.04 Å². The van der Waals surface area contributed by atoms with Crippen LogP contribution in [0.15, 0.2) is 28.9 Å². The second kappa shape index (κ2) is 4.43. The van der Waals surface area contributed by atoms with Gasteiger partial charge in [0.05, 0.1) is 5.56 Å². The van der Waals surface area contributed by atoms with E-state index in [1.54, 1.807) is 0 Å². The lowest BCUT2D eigenvalue weighted by Crippen LogP contribution is -2.39. The molecule has 0 atom stereocenters. The molecule has 1 aromatic carbocycles. The summed E-state index contributed by atoms with van der Waals surface area (Å²) in [5, 5.41) is 4.10. The largest absolute Gasteiger partial charge is 0.350 e. The zero-order valence-electron chi connectivity index (χ0n) is 10.2. The molecule has 0 unspecified atom stereocenters. The fraction of sp³-hybridized carbons (Fsp3) is 0.357. The summed E-state index contributed by atoms with van der Waals surface area (Å²) in [7, 11) is 1.97. The first-order valence-corrected chi connectivity index (χ1v) is 7.00. The molecule has 0 radical (unpaired) electrons. The van der Waals surface area contributed by atoms with Crippen LogP contribution in [-0.2, 0) is 7.05 Å². The molecule has 18 heavy (non-hydrogen) atoms. The van der Waals surface area contributed by atoms with E-state index in [-0.39, 0.29) is 5.91 Å². The molecule has 2 aromatic rings. The lowest BCUT2D eigenvalue weighted by molar-refractivity contribution is 0.0918. The Hall–Kier alpha value is -1.29. The summed E-state index contributed by atoms with van der Waals surface area (Å²) in [6.45, 7) is 0. The smallest absolute Gasteiger partial charge is 0.253 e. The number of benzene rings is 1. The number of nitrogens with zero attached hydrogens (tertiary/aromatic N) is 1. The van der Waals surface area contributed by atoms with Crippen molar-refractivity contribution in [3.63, 3.8) is 0 Å². The average Bonchev–Trinajstić information content (AvgIpc) is 2.61. The van der Waals surface area contributed by atoms with Gasteiger partial charge in [-0.2, -0.15) is 0 Å². The quantitative estimate of drug-likeness (QED) is 0.908. The summed E-state index contributed by atoms with van der Waals surface area (Å²) in [4.78, 5) is 12.2. The van der Waals surface area contributed by atoms with Gasteiger partial charge in [0.2, 0.25) is 0 Å². The second-order valence-corrected chi connectivity index (χ2v) is 5.83. The Kier molecular flexibility index (Phi) is 2.90. The molecule has 1 amide bonds. The average molecular weight is 307 g/mol. The summed E-state index contributed by atoms with van der Waals surface area (Å²) in [6.07, 6.45) is 5.36. The van der Waals surface area contributed by atoms with Gasteiger partial charge in [0.15, 0.2) is 0 Å². The molecule has 1 aliphatic carbocycles. The molecule has 1 saturated carbocycles. The summed E-state index contributed by atoms with van der Waals surface area (Å²) >= 11 is 3.46. The van der Waals surface area contributed by atoms with Gasteiger partial charge >= 0.3 is 0 Å². The van der Waals surface area contributed by atoms with E-state index >= 15 is 0 Å². The van der Waals surface area contributed by atoms with Gasteiger partial charge in [-0.25, -0.2) is 0 Å². The predicted molar refractivity (Wildman–Crippen MR) is 75.7 cm³/mol. The van der Waals surface area contributed by atoms with E-state index in [9.17, 15) is 4.79 Å². The maximum Gasteiger partial charge on any atom is 0.253 e. The number of hydrogen-bond acceptors (Lipinski definition) is 1. The number of rotatable bonds is 2. The molecule has 0 spiro atoms. The van der Waals surface area contributed by atoms with Gasteiger partial charge in [-0.15, -0.1) is 0 Å². The van der Waals surface area contributed by atoms with Gasteiger partial charge in [0.1, 0.15) is 0 Å². The molecule has 1 N–H and O–H groups in total. The van der Waals surface area contributed by atoms with Crippen LogP contribution in [0.25, 0.3) is 10.9 Å². The minimum atomic E-state index is 0.0487. The number of carbonyl (C=O) groups excluding carboxylic acids is 1. The molecular formula is C14H15BrN2O. The number of aromatic nitrogens is 1. The van der Waals surface area contributed by atoms with E-state index < -0.39 is 0 Å². The number of aryl methyl sites for hydroxylation is 1. The highest BCUT2D eigenvalue weighted by molar-refractivity contribution is 9.10. The van der Waals surface area contributed by atoms with Gasteiger partial charge in [-0.1, -0.05) is 22.0 Å². The fourth-order valence-corrected chi connectivity index (χ4v) is 2.70. The highest BCUT2D eigenvalue weighted by Crippen LogP contribution is 2.25. The summed E-state index contributed by atoms with van der Waals surface area (Å²) < 4.78 is 3.03. The molecule has 4 heteroatoms. The normalized spacial score (nSPS) is 15.7. The first-order valence-electron chi connectivity index (χ1n) is 6.20. The van der Waals surface area contributed by atoms with Crippen LogP contribution < -0.4 is 5.32 Å². The molecule has 1 aromatic heterocycles. The van der Waals surface area contributed by atoms with Crippen LogP contribution in [-0.4, -0.2) is 16.5 Å². The molecule has 94 valence electrons.